The maximum absolute atomic E-state index is 11.6. The highest BCUT2D eigenvalue weighted by Gasteiger charge is 2.13. The van der Waals surface area contributed by atoms with Gasteiger partial charge in [-0.05, 0) is 31.0 Å². The molecule has 1 N–H and O–H groups in total. The second kappa shape index (κ2) is 8.86. The van der Waals surface area contributed by atoms with Gasteiger partial charge in [-0.1, -0.05) is 37.0 Å². The molecule has 0 bridgehead atoms. The average Bonchev–Trinajstić information content (AvgIpc) is 2.44. The number of ether oxygens (including phenoxy) is 2. The zero-order valence-corrected chi connectivity index (χ0v) is 14.2. The molecule has 1 atom stereocenters. The van der Waals surface area contributed by atoms with E-state index in [0.29, 0.717) is 21.7 Å². The third-order valence-electron chi connectivity index (χ3n) is 2.99. The van der Waals surface area contributed by atoms with Crippen LogP contribution in [-0.4, -0.2) is 31.1 Å². The number of nitrogens with one attached hydrogen (secondary N) is 1. The van der Waals surface area contributed by atoms with Crippen molar-refractivity contribution in [3.63, 3.8) is 0 Å². The van der Waals surface area contributed by atoms with Gasteiger partial charge in [0.1, 0.15) is 5.75 Å². The summed E-state index contributed by atoms with van der Waals surface area (Å²) in [6.45, 7) is 5.18. The zero-order chi connectivity index (χ0) is 16.7. The Morgan fingerprint density at radius 3 is 2.45 bits per heavy atom. The summed E-state index contributed by atoms with van der Waals surface area (Å²) in [6, 6.07) is 4.66. The fraction of sp³-hybridized carbons (Fsp3) is 0.467. The molecule has 122 valence electrons. The Balaban J connectivity index is 2.33. The van der Waals surface area contributed by atoms with E-state index in [4.69, 9.17) is 32.7 Å². The predicted octanol–water partition coefficient (Wildman–Crippen LogP) is 3.08. The van der Waals surface area contributed by atoms with Crippen molar-refractivity contribution in [3.8, 4) is 5.75 Å². The molecule has 0 saturated carbocycles. The largest absolute Gasteiger partial charge is 0.480 e. The Bertz CT molecular complexity index is 534. The molecular weight excluding hydrogens is 329 g/mol. The van der Waals surface area contributed by atoms with Crippen LogP contribution in [0.1, 0.15) is 20.8 Å². The fourth-order valence-electron chi connectivity index (χ4n) is 1.38. The zero-order valence-electron chi connectivity index (χ0n) is 12.7. The molecule has 0 aliphatic rings. The number of amides is 1. The van der Waals surface area contributed by atoms with Crippen molar-refractivity contribution in [2.75, 3.05) is 13.2 Å². The Kier molecular flexibility index (Phi) is 7.48. The lowest BCUT2D eigenvalue weighted by molar-refractivity contribution is -0.150. The van der Waals surface area contributed by atoms with Crippen molar-refractivity contribution >= 4 is 35.1 Å². The summed E-state index contributed by atoms with van der Waals surface area (Å²) in [5.41, 5.74) is 0. The van der Waals surface area contributed by atoms with E-state index >= 15 is 0 Å². The monoisotopic (exact) mass is 347 g/mol. The summed E-state index contributed by atoms with van der Waals surface area (Å²) < 4.78 is 10.0. The Hall–Kier alpha value is -1.46. The molecule has 1 rings (SSSR count). The molecule has 22 heavy (non-hydrogen) atoms. The van der Waals surface area contributed by atoms with E-state index in [1.165, 1.54) is 6.07 Å². The van der Waals surface area contributed by atoms with Crippen molar-refractivity contribution in [1.29, 1.82) is 0 Å². The summed E-state index contributed by atoms with van der Waals surface area (Å²) in [4.78, 5) is 23.1. The van der Waals surface area contributed by atoms with Crippen LogP contribution in [0.3, 0.4) is 0 Å². The predicted molar refractivity (Wildman–Crippen MR) is 85.4 cm³/mol. The van der Waals surface area contributed by atoms with Gasteiger partial charge in [-0.15, -0.1) is 0 Å². The molecule has 0 unspecified atom stereocenters. The molecule has 0 aromatic heterocycles. The molecule has 0 fully saturated rings. The second-order valence-electron chi connectivity index (χ2n) is 5.12. The first kappa shape index (κ1) is 18.6. The minimum atomic E-state index is -0.654. The maximum Gasteiger partial charge on any atom is 0.344 e. The Morgan fingerprint density at radius 2 is 1.86 bits per heavy atom. The van der Waals surface area contributed by atoms with Gasteiger partial charge >= 0.3 is 5.97 Å². The first-order chi connectivity index (χ1) is 10.3. The topological polar surface area (TPSA) is 64.6 Å². The Morgan fingerprint density at radius 1 is 1.18 bits per heavy atom. The Labute approximate surface area is 139 Å². The van der Waals surface area contributed by atoms with Gasteiger partial charge in [0.15, 0.2) is 13.2 Å². The minimum Gasteiger partial charge on any atom is -0.480 e. The summed E-state index contributed by atoms with van der Waals surface area (Å²) in [7, 11) is 0. The van der Waals surface area contributed by atoms with Crippen molar-refractivity contribution in [2.24, 2.45) is 5.92 Å². The standard InChI is InChI=1S/C15H19Cl2NO4/c1-9(2)10(3)18-14(19)7-22-15(20)8-21-13-5-4-11(16)6-12(13)17/h4-6,9-10H,7-8H2,1-3H3,(H,18,19)/t10-/m1/s1. The van der Waals surface area contributed by atoms with Gasteiger partial charge in [-0.3, -0.25) is 4.79 Å². The van der Waals surface area contributed by atoms with E-state index in [2.05, 4.69) is 5.32 Å². The molecule has 0 aliphatic carbocycles. The second-order valence-corrected chi connectivity index (χ2v) is 5.97. The van der Waals surface area contributed by atoms with Gasteiger partial charge in [0.05, 0.1) is 5.02 Å². The van der Waals surface area contributed by atoms with Gasteiger partial charge in [-0.2, -0.15) is 0 Å². The highest BCUT2D eigenvalue weighted by molar-refractivity contribution is 6.35. The number of rotatable bonds is 7. The number of halogens is 2. The number of hydrogen-bond acceptors (Lipinski definition) is 4. The smallest absolute Gasteiger partial charge is 0.344 e. The van der Waals surface area contributed by atoms with E-state index in [1.807, 2.05) is 20.8 Å². The molecule has 0 spiro atoms. The summed E-state index contributed by atoms with van der Waals surface area (Å²) in [6.07, 6.45) is 0. The molecular formula is C15H19Cl2NO4. The van der Waals surface area contributed by atoms with Crippen LogP contribution >= 0.6 is 23.2 Å². The molecule has 1 aromatic rings. The van der Waals surface area contributed by atoms with Gasteiger partial charge < -0.3 is 14.8 Å². The molecule has 0 radical (unpaired) electrons. The van der Waals surface area contributed by atoms with E-state index in [-0.39, 0.29) is 25.2 Å². The molecule has 1 amide bonds. The van der Waals surface area contributed by atoms with E-state index in [9.17, 15) is 9.59 Å². The minimum absolute atomic E-state index is 0.00956. The molecule has 0 aliphatic heterocycles. The van der Waals surface area contributed by atoms with Crippen LogP contribution in [0.5, 0.6) is 5.75 Å². The summed E-state index contributed by atoms with van der Waals surface area (Å²) in [5, 5.41) is 3.49. The summed E-state index contributed by atoms with van der Waals surface area (Å²) in [5.74, 6) is -0.381. The van der Waals surface area contributed by atoms with E-state index < -0.39 is 5.97 Å². The first-order valence-electron chi connectivity index (χ1n) is 6.82. The normalized spacial score (nSPS) is 11.9. The van der Waals surface area contributed by atoms with E-state index in [0.717, 1.165) is 0 Å². The van der Waals surface area contributed by atoms with Gasteiger partial charge in [0, 0.05) is 11.1 Å². The average molecular weight is 348 g/mol. The molecule has 0 heterocycles. The molecule has 0 saturated heterocycles. The molecule has 1 aromatic carbocycles. The van der Waals surface area contributed by atoms with Crippen LogP contribution in [0.25, 0.3) is 0 Å². The van der Waals surface area contributed by atoms with E-state index in [1.54, 1.807) is 12.1 Å². The summed E-state index contributed by atoms with van der Waals surface area (Å²) >= 11 is 11.7. The van der Waals surface area contributed by atoms with Crippen LogP contribution in [0, 0.1) is 5.92 Å². The number of benzene rings is 1. The third kappa shape index (κ3) is 6.54. The van der Waals surface area contributed by atoms with Crippen molar-refractivity contribution < 1.29 is 19.1 Å². The first-order valence-corrected chi connectivity index (χ1v) is 7.58. The van der Waals surface area contributed by atoms with Crippen molar-refractivity contribution in [1.82, 2.24) is 5.32 Å². The van der Waals surface area contributed by atoms with Crippen LogP contribution < -0.4 is 10.1 Å². The van der Waals surface area contributed by atoms with Gasteiger partial charge in [0.2, 0.25) is 0 Å². The third-order valence-corrected chi connectivity index (χ3v) is 3.52. The van der Waals surface area contributed by atoms with Crippen LogP contribution in [0.2, 0.25) is 10.0 Å². The number of carbonyl (C=O) groups excluding carboxylic acids is 2. The fourth-order valence-corrected chi connectivity index (χ4v) is 1.84. The quantitative estimate of drug-likeness (QED) is 0.769. The molecule has 7 heteroatoms. The lowest BCUT2D eigenvalue weighted by Crippen LogP contribution is -2.39. The lowest BCUT2D eigenvalue weighted by Gasteiger charge is -2.17. The highest BCUT2D eigenvalue weighted by Crippen LogP contribution is 2.27. The number of carbonyl (C=O) groups is 2. The number of esters is 1. The van der Waals surface area contributed by atoms with Crippen molar-refractivity contribution in [2.45, 2.75) is 26.8 Å². The van der Waals surface area contributed by atoms with Gasteiger partial charge in [0.25, 0.3) is 5.91 Å². The number of hydrogen-bond donors (Lipinski definition) is 1. The lowest BCUT2D eigenvalue weighted by atomic mass is 10.1. The van der Waals surface area contributed by atoms with Crippen LogP contribution in [0.4, 0.5) is 0 Å². The SMILES string of the molecule is CC(C)[C@@H](C)NC(=O)COC(=O)COc1ccc(Cl)cc1Cl. The highest BCUT2D eigenvalue weighted by atomic mass is 35.5. The van der Waals surface area contributed by atoms with Crippen LogP contribution in [-0.2, 0) is 14.3 Å². The molecule has 5 nitrogen and oxygen atoms in total. The van der Waals surface area contributed by atoms with Crippen LogP contribution in [0.15, 0.2) is 18.2 Å². The van der Waals surface area contributed by atoms with Crippen molar-refractivity contribution in [3.05, 3.63) is 28.2 Å². The maximum atomic E-state index is 11.6. The van der Waals surface area contributed by atoms with Gasteiger partial charge in [-0.25, -0.2) is 4.79 Å².